The zero-order valence-electron chi connectivity index (χ0n) is 11.6. The number of nitrogens with one attached hydrogen (secondary N) is 2. The van der Waals surface area contributed by atoms with Crippen molar-refractivity contribution < 1.29 is 4.79 Å². The Labute approximate surface area is 109 Å². The summed E-state index contributed by atoms with van der Waals surface area (Å²) < 4.78 is 0. The van der Waals surface area contributed by atoms with Crippen molar-refractivity contribution in [1.82, 2.24) is 5.32 Å². The summed E-state index contributed by atoms with van der Waals surface area (Å²) in [5.74, 6) is 0.726. The molecule has 0 saturated carbocycles. The van der Waals surface area contributed by atoms with Crippen LogP contribution < -0.4 is 10.6 Å². The molecule has 1 atom stereocenters. The van der Waals surface area contributed by atoms with Crippen LogP contribution in [0.2, 0.25) is 0 Å². The van der Waals surface area contributed by atoms with Crippen molar-refractivity contribution in [2.45, 2.75) is 40.2 Å². The maximum Gasteiger partial charge on any atom is 0.246 e. The van der Waals surface area contributed by atoms with Gasteiger partial charge in [-0.15, -0.1) is 0 Å². The van der Waals surface area contributed by atoms with Gasteiger partial charge < -0.3 is 10.6 Å². The third-order valence-electron chi connectivity index (χ3n) is 3.66. The number of amides is 1. The smallest absolute Gasteiger partial charge is 0.246 e. The number of fused-ring (bicyclic) bond motifs is 1. The highest BCUT2D eigenvalue weighted by atomic mass is 16.2. The fourth-order valence-electron chi connectivity index (χ4n) is 2.30. The molecule has 0 radical (unpaired) electrons. The van der Waals surface area contributed by atoms with Crippen LogP contribution in [0.15, 0.2) is 12.1 Å². The molecular formula is C15H22N2O. The van der Waals surface area contributed by atoms with E-state index in [9.17, 15) is 4.79 Å². The maximum absolute atomic E-state index is 12.0. The Kier molecular flexibility index (Phi) is 3.71. The average Bonchev–Trinajstić information content (AvgIpc) is 2.62. The lowest BCUT2D eigenvalue weighted by atomic mass is 10.0. The van der Waals surface area contributed by atoms with E-state index in [0.29, 0.717) is 5.92 Å². The standard InChI is InChI=1S/C15H22N2O/c1-9(2)7-8-16-14-12-6-5-10(3)11(4)13(12)17-15(14)18/h5-6,9,14,16H,7-8H2,1-4H3,(H,17,18). The van der Waals surface area contributed by atoms with E-state index in [1.54, 1.807) is 0 Å². The monoisotopic (exact) mass is 246 g/mol. The Morgan fingerprint density at radius 2 is 2.06 bits per heavy atom. The predicted molar refractivity (Wildman–Crippen MR) is 74.7 cm³/mol. The highest BCUT2D eigenvalue weighted by Gasteiger charge is 2.31. The predicted octanol–water partition coefficient (Wildman–Crippen LogP) is 2.93. The number of rotatable bonds is 4. The fraction of sp³-hybridized carbons (Fsp3) is 0.533. The van der Waals surface area contributed by atoms with Crippen LogP contribution in [0.25, 0.3) is 0 Å². The summed E-state index contributed by atoms with van der Waals surface area (Å²) in [4.78, 5) is 12.0. The summed E-state index contributed by atoms with van der Waals surface area (Å²) >= 11 is 0. The van der Waals surface area contributed by atoms with Gasteiger partial charge in [0.05, 0.1) is 0 Å². The van der Waals surface area contributed by atoms with Crippen molar-refractivity contribution in [1.29, 1.82) is 0 Å². The van der Waals surface area contributed by atoms with Gasteiger partial charge in [0.1, 0.15) is 6.04 Å². The zero-order valence-corrected chi connectivity index (χ0v) is 11.6. The first kappa shape index (κ1) is 13.1. The van der Waals surface area contributed by atoms with Gasteiger partial charge in [-0.25, -0.2) is 0 Å². The second-order valence-electron chi connectivity index (χ2n) is 5.53. The van der Waals surface area contributed by atoms with Crippen molar-refractivity contribution in [3.8, 4) is 0 Å². The molecule has 3 nitrogen and oxygen atoms in total. The first-order valence-corrected chi connectivity index (χ1v) is 6.65. The number of benzene rings is 1. The van der Waals surface area contributed by atoms with Crippen LogP contribution >= 0.6 is 0 Å². The molecule has 0 bridgehead atoms. The van der Waals surface area contributed by atoms with E-state index in [4.69, 9.17) is 0 Å². The molecule has 1 heterocycles. The molecule has 1 aromatic rings. The van der Waals surface area contributed by atoms with E-state index in [1.165, 1.54) is 11.1 Å². The number of hydrogen-bond donors (Lipinski definition) is 2. The minimum Gasteiger partial charge on any atom is -0.324 e. The molecule has 2 rings (SSSR count). The van der Waals surface area contributed by atoms with Gasteiger partial charge in [-0.2, -0.15) is 0 Å². The summed E-state index contributed by atoms with van der Waals surface area (Å²) in [6.45, 7) is 9.39. The van der Waals surface area contributed by atoms with Crippen molar-refractivity contribution >= 4 is 11.6 Å². The third-order valence-corrected chi connectivity index (χ3v) is 3.66. The van der Waals surface area contributed by atoms with Crippen molar-refractivity contribution in [3.63, 3.8) is 0 Å². The third kappa shape index (κ3) is 2.41. The van der Waals surface area contributed by atoms with Gasteiger partial charge in [0.2, 0.25) is 5.91 Å². The molecule has 2 N–H and O–H groups in total. The van der Waals surface area contributed by atoms with Crippen molar-refractivity contribution in [2.75, 3.05) is 11.9 Å². The van der Waals surface area contributed by atoms with Crippen molar-refractivity contribution in [3.05, 3.63) is 28.8 Å². The molecule has 0 saturated heterocycles. The number of anilines is 1. The Bertz CT molecular complexity index is 466. The van der Waals surface area contributed by atoms with Gasteiger partial charge in [-0.05, 0) is 43.9 Å². The Balaban J connectivity index is 2.16. The highest BCUT2D eigenvalue weighted by Crippen LogP contribution is 2.34. The van der Waals surface area contributed by atoms with Gasteiger partial charge in [0.15, 0.2) is 0 Å². The number of aryl methyl sites for hydroxylation is 1. The molecule has 0 aliphatic carbocycles. The van der Waals surface area contributed by atoms with E-state index < -0.39 is 0 Å². The molecule has 0 aromatic heterocycles. The van der Waals surface area contributed by atoms with E-state index in [0.717, 1.165) is 24.2 Å². The largest absolute Gasteiger partial charge is 0.324 e. The zero-order chi connectivity index (χ0) is 13.3. The molecule has 1 aromatic carbocycles. The second kappa shape index (κ2) is 5.11. The minimum atomic E-state index is -0.182. The maximum atomic E-state index is 12.0. The molecule has 18 heavy (non-hydrogen) atoms. The first-order chi connectivity index (χ1) is 8.50. The van der Waals surface area contributed by atoms with Gasteiger partial charge >= 0.3 is 0 Å². The quantitative estimate of drug-likeness (QED) is 0.857. The lowest BCUT2D eigenvalue weighted by Crippen LogP contribution is -2.28. The fourth-order valence-corrected chi connectivity index (χ4v) is 2.30. The summed E-state index contributed by atoms with van der Waals surface area (Å²) in [7, 11) is 0. The van der Waals surface area contributed by atoms with E-state index in [2.05, 4.69) is 50.5 Å². The summed E-state index contributed by atoms with van der Waals surface area (Å²) in [5.41, 5.74) is 4.49. The Morgan fingerprint density at radius 1 is 1.33 bits per heavy atom. The van der Waals surface area contributed by atoms with E-state index in [1.807, 2.05) is 0 Å². The van der Waals surface area contributed by atoms with Crippen LogP contribution in [-0.4, -0.2) is 12.5 Å². The SMILES string of the molecule is Cc1ccc2c(c1C)NC(=O)C2NCCC(C)C. The highest BCUT2D eigenvalue weighted by molar-refractivity contribution is 6.03. The van der Waals surface area contributed by atoms with Crippen molar-refractivity contribution in [2.24, 2.45) is 5.92 Å². The normalized spacial score (nSPS) is 18.1. The minimum absolute atomic E-state index is 0.0717. The summed E-state index contributed by atoms with van der Waals surface area (Å²) in [5, 5.41) is 6.35. The summed E-state index contributed by atoms with van der Waals surface area (Å²) in [6.07, 6.45) is 1.09. The van der Waals surface area contributed by atoms with Gasteiger partial charge in [0.25, 0.3) is 0 Å². The summed E-state index contributed by atoms with van der Waals surface area (Å²) in [6, 6.07) is 3.96. The first-order valence-electron chi connectivity index (χ1n) is 6.65. The second-order valence-corrected chi connectivity index (χ2v) is 5.53. The topological polar surface area (TPSA) is 41.1 Å². The molecule has 0 spiro atoms. The van der Waals surface area contributed by atoms with Crippen LogP contribution in [0.4, 0.5) is 5.69 Å². The van der Waals surface area contributed by atoms with Gasteiger partial charge in [-0.1, -0.05) is 26.0 Å². The Morgan fingerprint density at radius 3 is 2.72 bits per heavy atom. The van der Waals surface area contributed by atoms with Crippen LogP contribution in [-0.2, 0) is 4.79 Å². The molecule has 1 unspecified atom stereocenters. The van der Waals surface area contributed by atoms with Crippen LogP contribution in [0.1, 0.15) is 43.0 Å². The number of hydrogen-bond acceptors (Lipinski definition) is 2. The van der Waals surface area contributed by atoms with Gasteiger partial charge in [0, 0.05) is 11.3 Å². The van der Waals surface area contributed by atoms with E-state index in [-0.39, 0.29) is 11.9 Å². The molecule has 1 aliphatic heterocycles. The van der Waals surface area contributed by atoms with Crippen LogP contribution in [0, 0.1) is 19.8 Å². The molecule has 1 amide bonds. The Hall–Kier alpha value is -1.35. The lowest BCUT2D eigenvalue weighted by Gasteiger charge is -2.13. The molecular weight excluding hydrogens is 224 g/mol. The lowest BCUT2D eigenvalue weighted by molar-refractivity contribution is -0.117. The number of carbonyl (C=O) groups excluding carboxylic acids is 1. The molecule has 1 aliphatic rings. The van der Waals surface area contributed by atoms with Crippen LogP contribution in [0.5, 0.6) is 0 Å². The number of carbonyl (C=O) groups is 1. The molecule has 98 valence electrons. The molecule has 3 heteroatoms. The molecule has 0 fully saturated rings. The average molecular weight is 246 g/mol. The van der Waals surface area contributed by atoms with Gasteiger partial charge in [-0.3, -0.25) is 4.79 Å². The van der Waals surface area contributed by atoms with E-state index >= 15 is 0 Å². The van der Waals surface area contributed by atoms with Crippen LogP contribution in [0.3, 0.4) is 0 Å².